The van der Waals surface area contributed by atoms with Crippen LogP contribution >= 0.6 is 0 Å². The molecule has 1 aliphatic heterocycles. The number of carbonyl (C=O) groups excluding carboxylic acids is 2. The Bertz CT molecular complexity index is 265. The van der Waals surface area contributed by atoms with Gasteiger partial charge in [-0.2, -0.15) is 0 Å². The molecule has 0 amide bonds. The molecule has 1 aliphatic rings. The summed E-state index contributed by atoms with van der Waals surface area (Å²) in [7, 11) is 0. The van der Waals surface area contributed by atoms with Gasteiger partial charge in [-0.1, -0.05) is 0 Å². The summed E-state index contributed by atoms with van der Waals surface area (Å²) in [6, 6.07) is 0. The second kappa shape index (κ2) is 4.07. The van der Waals surface area contributed by atoms with Crippen LogP contribution in [-0.4, -0.2) is 18.5 Å². The summed E-state index contributed by atoms with van der Waals surface area (Å²) in [5.74, 6) is -0.241. The molecule has 1 rings (SSSR count). The van der Waals surface area contributed by atoms with Gasteiger partial charge >= 0.3 is 11.9 Å². The Kier molecular flexibility index (Phi) is 3.06. The zero-order valence-corrected chi connectivity index (χ0v) is 7.75. The van der Waals surface area contributed by atoms with Crippen LogP contribution in [0.2, 0.25) is 0 Å². The molecule has 1 heterocycles. The van der Waals surface area contributed by atoms with Crippen molar-refractivity contribution in [3.05, 3.63) is 11.3 Å². The molecule has 0 saturated carbocycles. The third-order valence-electron chi connectivity index (χ3n) is 1.79. The van der Waals surface area contributed by atoms with Gasteiger partial charge in [0.2, 0.25) is 0 Å². The minimum absolute atomic E-state index is 0.279. The van der Waals surface area contributed by atoms with Crippen LogP contribution in [0.5, 0.6) is 0 Å². The first-order valence-electron chi connectivity index (χ1n) is 4.22. The maximum absolute atomic E-state index is 11.2. The lowest BCUT2D eigenvalue weighted by Gasteiger charge is -2.03. The van der Waals surface area contributed by atoms with Crippen LogP contribution in [0, 0.1) is 0 Å². The first-order valence-corrected chi connectivity index (χ1v) is 4.22. The van der Waals surface area contributed by atoms with Crippen LogP contribution in [0.25, 0.3) is 0 Å². The molecule has 13 heavy (non-hydrogen) atoms. The lowest BCUT2D eigenvalue weighted by molar-refractivity contribution is -0.139. The molecule has 72 valence electrons. The second-order valence-electron chi connectivity index (χ2n) is 2.74. The van der Waals surface area contributed by atoms with Crippen molar-refractivity contribution < 1.29 is 19.1 Å². The molecule has 1 saturated heterocycles. The Morgan fingerprint density at radius 1 is 1.54 bits per heavy atom. The molecule has 0 N–H and O–H groups in total. The van der Waals surface area contributed by atoms with Crippen LogP contribution in [0.3, 0.4) is 0 Å². The van der Waals surface area contributed by atoms with E-state index in [0.29, 0.717) is 30.8 Å². The molecular formula is C9H12O4. The van der Waals surface area contributed by atoms with Crippen molar-refractivity contribution in [2.75, 3.05) is 6.61 Å². The number of rotatable bonds is 2. The molecule has 0 aromatic carbocycles. The zero-order valence-electron chi connectivity index (χ0n) is 7.75. The molecule has 4 nitrogen and oxygen atoms in total. The highest BCUT2D eigenvalue weighted by atomic mass is 16.6. The summed E-state index contributed by atoms with van der Waals surface area (Å²) in [6.07, 6.45) is 0.857. The van der Waals surface area contributed by atoms with Gasteiger partial charge in [0.05, 0.1) is 18.6 Å². The fourth-order valence-corrected chi connectivity index (χ4v) is 1.07. The highest BCUT2D eigenvalue weighted by Crippen LogP contribution is 2.21. The Morgan fingerprint density at radius 3 is 2.69 bits per heavy atom. The third-order valence-corrected chi connectivity index (χ3v) is 1.79. The van der Waals surface area contributed by atoms with Crippen LogP contribution in [0.4, 0.5) is 0 Å². The van der Waals surface area contributed by atoms with Gasteiger partial charge in [-0.15, -0.1) is 0 Å². The van der Waals surface area contributed by atoms with E-state index < -0.39 is 5.97 Å². The van der Waals surface area contributed by atoms with Crippen LogP contribution in [-0.2, 0) is 19.1 Å². The summed E-state index contributed by atoms with van der Waals surface area (Å²) in [4.78, 5) is 21.9. The summed E-state index contributed by atoms with van der Waals surface area (Å²) in [5.41, 5.74) is 0.396. The van der Waals surface area contributed by atoms with Crippen LogP contribution in [0.1, 0.15) is 26.7 Å². The van der Waals surface area contributed by atoms with Crippen molar-refractivity contribution in [1.29, 1.82) is 0 Å². The van der Waals surface area contributed by atoms with E-state index in [-0.39, 0.29) is 5.97 Å². The normalized spacial score (nSPS) is 19.7. The Balaban J connectivity index is 2.68. The summed E-state index contributed by atoms with van der Waals surface area (Å²) >= 11 is 0. The van der Waals surface area contributed by atoms with E-state index in [2.05, 4.69) is 0 Å². The SMILES string of the molecule is CCOC(=O)/C(C)=C1/CCC(=O)O1. The standard InChI is InChI=1S/C9H12O4/c1-3-12-9(11)6(2)7-4-5-8(10)13-7/h3-5H2,1-2H3/b7-6-. The van der Waals surface area contributed by atoms with Crippen molar-refractivity contribution in [2.24, 2.45) is 0 Å². The van der Waals surface area contributed by atoms with Gasteiger partial charge in [-0.05, 0) is 13.8 Å². The highest BCUT2D eigenvalue weighted by Gasteiger charge is 2.22. The molecule has 0 atom stereocenters. The van der Waals surface area contributed by atoms with E-state index in [0.717, 1.165) is 0 Å². The minimum Gasteiger partial charge on any atom is -0.463 e. The van der Waals surface area contributed by atoms with E-state index in [1.807, 2.05) is 0 Å². The number of carbonyl (C=O) groups is 2. The lowest BCUT2D eigenvalue weighted by Crippen LogP contribution is -2.07. The predicted octanol–water partition coefficient (Wildman–Crippen LogP) is 1.16. The number of hydrogen-bond donors (Lipinski definition) is 0. The van der Waals surface area contributed by atoms with Crippen LogP contribution < -0.4 is 0 Å². The predicted molar refractivity (Wildman–Crippen MR) is 44.7 cm³/mol. The first kappa shape index (κ1) is 9.77. The van der Waals surface area contributed by atoms with E-state index >= 15 is 0 Å². The molecule has 0 radical (unpaired) electrons. The van der Waals surface area contributed by atoms with Gasteiger partial charge in [-0.3, -0.25) is 4.79 Å². The highest BCUT2D eigenvalue weighted by molar-refractivity contribution is 5.89. The molecule has 1 fully saturated rings. The zero-order chi connectivity index (χ0) is 9.84. The van der Waals surface area contributed by atoms with E-state index in [4.69, 9.17) is 9.47 Å². The fourth-order valence-electron chi connectivity index (χ4n) is 1.07. The maximum atomic E-state index is 11.2. The number of allylic oxidation sites excluding steroid dienone is 1. The van der Waals surface area contributed by atoms with Gasteiger partial charge < -0.3 is 9.47 Å². The van der Waals surface area contributed by atoms with E-state index in [9.17, 15) is 9.59 Å². The molecule has 0 aromatic heterocycles. The van der Waals surface area contributed by atoms with Crippen molar-refractivity contribution in [1.82, 2.24) is 0 Å². The quantitative estimate of drug-likeness (QED) is 0.477. The molecule has 0 bridgehead atoms. The Hall–Kier alpha value is -1.32. The van der Waals surface area contributed by atoms with E-state index in [1.165, 1.54) is 0 Å². The van der Waals surface area contributed by atoms with Crippen molar-refractivity contribution in [3.63, 3.8) is 0 Å². The first-order chi connectivity index (χ1) is 6.15. The van der Waals surface area contributed by atoms with E-state index in [1.54, 1.807) is 13.8 Å². The molecule has 0 unspecified atom stereocenters. The number of esters is 2. The Morgan fingerprint density at radius 2 is 2.23 bits per heavy atom. The van der Waals surface area contributed by atoms with Gasteiger partial charge in [0, 0.05) is 6.42 Å². The average Bonchev–Trinajstić information content (AvgIpc) is 2.51. The molecule has 0 spiro atoms. The maximum Gasteiger partial charge on any atom is 0.337 e. The molecular weight excluding hydrogens is 172 g/mol. The fraction of sp³-hybridized carbons (Fsp3) is 0.556. The largest absolute Gasteiger partial charge is 0.463 e. The number of hydrogen-bond acceptors (Lipinski definition) is 4. The number of cyclic esters (lactones) is 1. The average molecular weight is 184 g/mol. The molecule has 4 heteroatoms. The third kappa shape index (κ3) is 2.31. The van der Waals surface area contributed by atoms with Crippen molar-refractivity contribution >= 4 is 11.9 Å². The molecule has 0 aliphatic carbocycles. The summed E-state index contributed by atoms with van der Waals surface area (Å²) in [6.45, 7) is 3.67. The summed E-state index contributed by atoms with van der Waals surface area (Å²) < 4.78 is 9.59. The van der Waals surface area contributed by atoms with Crippen molar-refractivity contribution in [2.45, 2.75) is 26.7 Å². The van der Waals surface area contributed by atoms with Crippen LogP contribution in [0.15, 0.2) is 11.3 Å². The molecule has 0 aromatic rings. The van der Waals surface area contributed by atoms with Gasteiger partial charge in [0.15, 0.2) is 0 Å². The van der Waals surface area contributed by atoms with Gasteiger partial charge in [-0.25, -0.2) is 4.79 Å². The smallest absolute Gasteiger partial charge is 0.337 e. The number of ether oxygens (including phenoxy) is 2. The monoisotopic (exact) mass is 184 g/mol. The minimum atomic E-state index is -0.410. The van der Waals surface area contributed by atoms with Crippen molar-refractivity contribution in [3.8, 4) is 0 Å². The summed E-state index contributed by atoms with van der Waals surface area (Å²) in [5, 5.41) is 0. The Labute approximate surface area is 76.5 Å². The lowest BCUT2D eigenvalue weighted by atomic mass is 10.2. The second-order valence-corrected chi connectivity index (χ2v) is 2.74. The van der Waals surface area contributed by atoms with Gasteiger partial charge in [0.25, 0.3) is 0 Å². The van der Waals surface area contributed by atoms with Gasteiger partial charge in [0.1, 0.15) is 5.76 Å². The topological polar surface area (TPSA) is 52.6 Å².